The standard InChI is InChI=1S/C13H17N3O2/c1-8-4-5-11(9(2)14)13(6-8)17-7-12-10(3)15-18-16-12/h4-6,9H,7,14H2,1-3H3. The highest BCUT2D eigenvalue weighted by molar-refractivity contribution is 5.39. The Morgan fingerprint density at radius 2 is 2.11 bits per heavy atom. The van der Waals surface area contributed by atoms with Crippen LogP contribution in [0.15, 0.2) is 22.8 Å². The van der Waals surface area contributed by atoms with Crippen molar-refractivity contribution in [2.45, 2.75) is 33.4 Å². The summed E-state index contributed by atoms with van der Waals surface area (Å²) in [5, 5.41) is 7.50. The molecule has 2 rings (SSSR count). The van der Waals surface area contributed by atoms with Crippen molar-refractivity contribution in [3.8, 4) is 5.75 Å². The molecule has 0 saturated carbocycles. The molecule has 5 heteroatoms. The molecular weight excluding hydrogens is 230 g/mol. The molecule has 0 bridgehead atoms. The smallest absolute Gasteiger partial charge is 0.145 e. The summed E-state index contributed by atoms with van der Waals surface area (Å²) in [4.78, 5) is 0. The van der Waals surface area contributed by atoms with Crippen molar-refractivity contribution in [3.05, 3.63) is 40.7 Å². The third-order valence-electron chi connectivity index (χ3n) is 2.77. The average molecular weight is 247 g/mol. The van der Waals surface area contributed by atoms with E-state index in [0.29, 0.717) is 12.3 Å². The molecule has 0 fully saturated rings. The average Bonchev–Trinajstić information content (AvgIpc) is 2.72. The summed E-state index contributed by atoms with van der Waals surface area (Å²) in [6.45, 7) is 6.11. The van der Waals surface area contributed by atoms with Gasteiger partial charge in [0.15, 0.2) is 0 Å². The molecule has 0 aliphatic heterocycles. The van der Waals surface area contributed by atoms with Crippen molar-refractivity contribution in [2.75, 3.05) is 0 Å². The van der Waals surface area contributed by atoms with Gasteiger partial charge in [0.05, 0.1) is 0 Å². The third-order valence-corrected chi connectivity index (χ3v) is 2.77. The first kappa shape index (κ1) is 12.6. The molecule has 96 valence electrons. The van der Waals surface area contributed by atoms with E-state index in [9.17, 15) is 0 Å². The Hall–Kier alpha value is -1.88. The zero-order chi connectivity index (χ0) is 13.1. The number of hydrogen-bond donors (Lipinski definition) is 1. The molecular formula is C13H17N3O2. The first-order valence-electron chi connectivity index (χ1n) is 5.85. The molecule has 2 aromatic rings. The molecule has 1 aromatic carbocycles. The number of nitrogens with two attached hydrogens (primary N) is 1. The van der Waals surface area contributed by atoms with E-state index in [-0.39, 0.29) is 6.04 Å². The maximum Gasteiger partial charge on any atom is 0.145 e. The molecule has 0 radical (unpaired) electrons. The zero-order valence-corrected chi connectivity index (χ0v) is 10.8. The zero-order valence-electron chi connectivity index (χ0n) is 10.8. The van der Waals surface area contributed by atoms with Crippen molar-refractivity contribution in [1.29, 1.82) is 0 Å². The van der Waals surface area contributed by atoms with Crippen LogP contribution in [0.5, 0.6) is 5.75 Å². The van der Waals surface area contributed by atoms with Crippen LogP contribution in [0.2, 0.25) is 0 Å². The Kier molecular flexibility index (Phi) is 3.62. The second-order valence-corrected chi connectivity index (χ2v) is 4.41. The highest BCUT2D eigenvalue weighted by Crippen LogP contribution is 2.25. The molecule has 0 amide bonds. The number of ether oxygens (including phenoxy) is 1. The fourth-order valence-electron chi connectivity index (χ4n) is 1.67. The van der Waals surface area contributed by atoms with E-state index >= 15 is 0 Å². The van der Waals surface area contributed by atoms with Gasteiger partial charge in [-0.2, -0.15) is 0 Å². The number of nitrogens with zero attached hydrogens (tertiary/aromatic N) is 2. The van der Waals surface area contributed by atoms with Crippen molar-refractivity contribution >= 4 is 0 Å². The highest BCUT2D eigenvalue weighted by Gasteiger charge is 2.11. The van der Waals surface area contributed by atoms with Crippen LogP contribution in [0.1, 0.15) is 35.5 Å². The molecule has 1 heterocycles. The van der Waals surface area contributed by atoms with Gasteiger partial charge in [0.1, 0.15) is 23.7 Å². The minimum atomic E-state index is -0.0721. The third kappa shape index (κ3) is 2.68. The van der Waals surface area contributed by atoms with E-state index in [1.807, 2.05) is 39.0 Å². The minimum absolute atomic E-state index is 0.0721. The van der Waals surface area contributed by atoms with Crippen LogP contribution in [0.25, 0.3) is 0 Å². The molecule has 0 aliphatic rings. The van der Waals surface area contributed by atoms with Crippen LogP contribution >= 0.6 is 0 Å². The van der Waals surface area contributed by atoms with Crippen molar-refractivity contribution in [3.63, 3.8) is 0 Å². The minimum Gasteiger partial charge on any atom is -0.487 e. The Labute approximate surface area is 106 Å². The van der Waals surface area contributed by atoms with Gasteiger partial charge in [0, 0.05) is 11.6 Å². The monoisotopic (exact) mass is 247 g/mol. The molecule has 0 spiro atoms. The molecule has 0 saturated heterocycles. The second-order valence-electron chi connectivity index (χ2n) is 4.41. The van der Waals surface area contributed by atoms with Crippen LogP contribution in [0.4, 0.5) is 0 Å². The summed E-state index contributed by atoms with van der Waals surface area (Å²) in [6.07, 6.45) is 0. The number of hydrogen-bond acceptors (Lipinski definition) is 5. The molecule has 1 atom stereocenters. The topological polar surface area (TPSA) is 74.2 Å². The lowest BCUT2D eigenvalue weighted by Crippen LogP contribution is -2.08. The summed E-state index contributed by atoms with van der Waals surface area (Å²) in [7, 11) is 0. The second kappa shape index (κ2) is 5.18. The van der Waals surface area contributed by atoms with Crippen molar-refractivity contribution in [1.82, 2.24) is 10.3 Å². The lowest BCUT2D eigenvalue weighted by atomic mass is 10.1. The van der Waals surface area contributed by atoms with Crippen LogP contribution in [-0.2, 0) is 6.61 Å². The van der Waals surface area contributed by atoms with Gasteiger partial charge in [0.2, 0.25) is 0 Å². The Bertz CT molecular complexity index is 535. The predicted octanol–water partition coefficient (Wildman–Crippen LogP) is 2.29. The number of benzene rings is 1. The fraction of sp³-hybridized carbons (Fsp3) is 0.385. The van der Waals surface area contributed by atoms with E-state index in [4.69, 9.17) is 10.5 Å². The van der Waals surface area contributed by atoms with Crippen LogP contribution in [-0.4, -0.2) is 10.3 Å². The fourth-order valence-corrected chi connectivity index (χ4v) is 1.67. The van der Waals surface area contributed by atoms with Gasteiger partial charge < -0.3 is 10.5 Å². The molecule has 2 N–H and O–H groups in total. The SMILES string of the molecule is Cc1ccc(C(C)N)c(OCc2nonc2C)c1. The summed E-state index contributed by atoms with van der Waals surface area (Å²) in [5.74, 6) is 0.785. The molecule has 18 heavy (non-hydrogen) atoms. The predicted molar refractivity (Wildman–Crippen MR) is 67.1 cm³/mol. The van der Waals surface area contributed by atoms with Crippen LogP contribution < -0.4 is 10.5 Å². The number of aryl methyl sites for hydroxylation is 2. The summed E-state index contributed by atoms with van der Waals surface area (Å²) < 4.78 is 10.4. The molecule has 5 nitrogen and oxygen atoms in total. The first-order valence-corrected chi connectivity index (χ1v) is 5.85. The van der Waals surface area contributed by atoms with Crippen LogP contribution in [0.3, 0.4) is 0 Å². The lowest BCUT2D eigenvalue weighted by Gasteiger charge is -2.14. The Morgan fingerprint density at radius 3 is 2.72 bits per heavy atom. The summed E-state index contributed by atoms with van der Waals surface area (Å²) in [6, 6.07) is 5.91. The van der Waals surface area contributed by atoms with E-state index in [1.165, 1.54) is 0 Å². The van der Waals surface area contributed by atoms with Crippen molar-refractivity contribution in [2.24, 2.45) is 5.73 Å². The van der Waals surface area contributed by atoms with E-state index in [2.05, 4.69) is 14.9 Å². The van der Waals surface area contributed by atoms with Gasteiger partial charge in [-0.05, 0) is 32.4 Å². The van der Waals surface area contributed by atoms with Gasteiger partial charge in [-0.25, -0.2) is 4.63 Å². The van der Waals surface area contributed by atoms with Gasteiger partial charge in [-0.1, -0.05) is 22.4 Å². The molecule has 1 aromatic heterocycles. The summed E-state index contributed by atoms with van der Waals surface area (Å²) in [5.41, 5.74) is 9.47. The highest BCUT2D eigenvalue weighted by atomic mass is 16.6. The normalized spacial score (nSPS) is 12.4. The van der Waals surface area contributed by atoms with Gasteiger partial charge >= 0.3 is 0 Å². The first-order chi connectivity index (χ1) is 8.58. The van der Waals surface area contributed by atoms with Crippen LogP contribution in [0, 0.1) is 13.8 Å². The van der Waals surface area contributed by atoms with E-state index < -0.39 is 0 Å². The largest absolute Gasteiger partial charge is 0.487 e. The maximum atomic E-state index is 5.92. The molecule has 1 unspecified atom stereocenters. The van der Waals surface area contributed by atoms with Gasteiger partial charge in [-0.15, -0.1) is 0 Å². The van der Waals surface area contributed by atoms with E-state index in [1.54, 1.807) is 0 Å². The Morgan fingerprint density at radius 1 is 1.33 bits per heavy atom. The quantitative estimate of drug-likeness (QED) is 0.897. The molecule has 0 aliphatic carbocycles. The maximum absolute atomic E-state index is 5.92. The number of aromatic nitrogens is 2. The van der Waals surface area contributed by atoms with Gasteiger partial charge in [0.25, 0.3) is 0 Å². The Balaban J connectivity index is 2.18. The van der Waals surface area contributed by atoms with Crippen molar-refractivity contribution < 1.29 is 9.37 Å². The lowest BCUT2D eigenvalue weighted by molar-refractivity contribution is 0.268. The van der Waals surface area contributed by atoms with E-state index in [0.717, 1.165) is 22.6 Å². The summed E-state index contributed by atoms with van der Waals surface area (Å²) >= 11 is 0. The van der Waals surface area contributed by atoms with Gasteiger partial charge in [-0.3, -0.25) is 0 Å². The number of rotatable bonds is 4.